The van der Waals surface area contributed by atoms with E-state index in [1.54, 1.807) is 0 Å². The maximum atomic E-state index is 13.5. The van der Waals surface area contributed by atoms with Crippen molar-refractivity contribution in [3.8, 4) is 0 Å². The molecule has 3 fully saturated rings. The van der Waals surface area contributed by atoms with Crippen molar-refractivity contribution < 1.29 is 4.79 Å². The molecule has 2 heterocycles. The fourth-order valence-corrected chi connectivity index (χ4v) is 6.46. The van der Waals surface area contributed by atoms with Gasteiger partial charge >= 0.3 is 0 Å². The van der Waals surface area contributed by atoms with Crippen LogP contribution in [0.2, 0.25) is 0 Å². The van der Waals surface area contributed by atoms with E-state index in [1.165, 1.54) is 65.9 Å². The van der Waals surface area contributed by atoms with E-state index in [0.29, 0.717) is 12.6 Å². The SMILES string of the molecule is C/C=C(/C(C)=C/c1ccccc1C)N1CCN(C2CC2)c2cc(C(=O)N3CCCC(N)C3)cc(C)c21.CC.CCC1CC1. The van der Waals surface area contributed by atoms with Crippen molar-refractivity contribution in [2.75, 3.05) is 36.0 Å². The zero-order valence-corrected chi connectivity index (χ0v) is 28.0. The molecule has 234 valence electrons. The minimum Gasteiger partial charge on any atom is -0.365 e. The fraction of sp³-hybridized carbons (Fsp3) is 0.553. The summed E-state index contributed by atoms with van der Waals surface area (Å²) in [6.07, 6.45) is 13.4. The third-order valence-corrected chi connectivity index (χ3v) is 9.21. The maximum absolute atomic E-state index is 13.5. The Morgan fingerprint density at radius 3 is 2.28 bits per heavy atom. The molecule has 43 heavy (non-hydrogen) atoms. The molecular formula is C38H56N4O. The molecule has 1 amide bonds. The first kappa shape index (κ1) is 32.9. The molecule has 2 aromatic rings. The summed E-state index contributed by atoms with van der Waals surface area (Å²) in [5.74, 6) is 1.25. The summed E-state index contributed by atoms with van der Waals surface area (Å²) < 4.78 is 0. The quantitative estimate of drug-likeness (QED) is 0.346. The van der Waals surface area contributed by atoms with Crippen LogP contribution in [0.4, 0.5) is 11.4 Å². The van der Waals surface area contributed by atoms with E-state index in [-0.39, 0.29) is 11.9 Å². The van der Waals surface area contributed by atoms with Crippen LogP contribution in [0.3, 0.4) is 0 Å². The zero-order valence-electron chi connectivity index (χ0n) is 28.0. The van der Waals surface area contributed by atoms with Gasteiger partial charge in [-0.3, -0.25) is 4.79 Å². The van der Waals surface area contributed by atoms with E-state index in [4.69, 9.17) is 5.73 Å². The average molecular weight is 585 g/mol. The lowest BCUT2D eigenvalue weighted by Crippen LogP contribution is -2.46. The van der Waals surface area contributed by atoms with Crippen LogP contribution in [0.5, 0.6) is 0 Å². The minimum atomic E-state index is 0.0835. The first-order chi connectivity index (χ1) is 20.8. The van der Waals surface area contributed by atoms with Gasteiger partial charge in [-0.1, -0.05) is 70.4 Å². The van der Waals surface area contributed by atoms with Gasteiger partial charge in [0, 0.05) is 49.5 Å². The number of nitrogens with zero attached hydrogens (tertiary/aromatic N) is 3. The summed E-state index contributed by atoms with van der Waals surface area (Å²) in [7, 11) is 0. The van der Waals surface area contributed by atoms with Crippen LogP contribution >= 0.6 is 0 Å². The predicted octanol–water partition coefficient (Wildman–Crippen LogP) is 8.50. The number of hydrogen-bond acceptors (Lipinski definition) is 4. The molecule has 2 aliphatic heterocycles. The molecule has 0 bridgehead atoms. The van der Waals surface area contributed by atoms with Crippen LogP contribution in [0.15, 0.2) is 53.7 Å². The third-order valence-electron chi connectivity index (χ3n) is 9.21. The third kappa shape index (κ3) is 8.12. The normalized spacial score (nSPS) is 20.5. The molecular weight excluding hydrogens is 528 g/mol. The van der Waals surface area contributed by atoms with Gasteiger partial charge < -0.3 is 20.4 Å². The number of carbonyl (C=O) groups is 1. The van der Waals surface area contributed by atoms with Crippen LogP contribution in [0, 0.1) is 19.8 Å². The molecule has 2 aromatic carbocycles. The number of likely N-dealkylation sites (tertiary alicyclic amines) is 1. The Labute approximate surface area is 261 Å². The predicted molar refractivity (Wildman–Crippen MR) is 185 cm³/mol. The van der Waals surface area contributed by atoms with Crippen LogP contribution < -0.4 is 15.5 Å². The number of fused-ring (bicyclic) bond motifs is 1. The maximum Gasteiger partial charge on any atom is 0.253 e. The number of carbonyl (C=O) groups excluding carboxylic acids is 1. The Kier molecular flexibility index (Phi) is 11.5. The number of aryl methyl sites for hydroxylation is 2. The van der Waals surface area contributed by atoms with Crippen molar-refractivity contribution in [3.05, 3.63) is 76.0 Å². The number of amides is 1. The summed E-state index contributed by atoms with van der Waals surface area (Å²) in [5.41, 5.74) is 15.6. The Hall–Kier alpha value is -3.05. The molecule has 2 N–H and O–H groups in total. The van der Waals surface area contributed by atoms with Crippen molar-refractivity contribution in [3.63, 3.8) is 0 Å². The number of hydrogen-bond donors (Lipinski definition) is 1. The molecule has 6 rings (SSSR count). The Bertz CT molecular complexity index is 1300. The molecule has 2 aliphatic carbocycles. The second-order valence-corrected chi connectivity index (χ2v) is 12.6. The molecule has 4 aliphatic rings. The fourth-order valence-electron chi connectivity index (χ4n) is 6.46. The standard InChI is InChI=1S/C31H40N4O.C5H10.C2H6/c1-5-28(22(3)17-24-10-7-6-9-21(24)2)35-16-15-34(27-12-13-27)29-19-25(18-23(4)30(29)35)31(36)33-14-8-11-26(32)20-33;1-2-5-3-4-5;1-2/h5-7,9-10,17-19,26-27H,8,11-16,20,32H2,1-4H3;5H,2-4H2,1H3;1-2H3/b22-17+,28-5-;;. The summed E-state index contributed by atoms with van der Waals surface area (Å²) in [6, 6.07) is 13.5. The lowest BCUT2D eigenvalue weighted by atomic mass is 9.98. The van der Waals surface area contributed by atoms with Crippen LogP contribution in [0.25, 0.3) is 6.08 Å². The molecule has 0 radical (unpaired) electrons. The number of piperidine rings is 1. The lowest BCUT2D eigenvalue weighted by molar-refractivity contribution is 0.0708. The number of allylic oxidation sites excluding steroid dienone is 2. The molecule has 5 nitrogen and oxygen atoms in total. The molecule has 1 saturated heterocycles. The lowest BCUT2D eigenvalue weighted by Gasteiger charge is -2.42. The minimum absolute atomic E-state index is 0.0835. The van der Waals surface area contributed by atoms with E-state index in [2.05, 4.69) is 93.0 Å². The van der Waals surface area contributed by atoms with Gasteiger partial charge in [-0.15, -0.1) is 0 Å². The second-order valence-electron chi connectivity index (χ2n) is 12.6. The van der Waals surface area contributed by atoms with Gasteiger partial charge in [0.1, 0.15) is 0 Å². The van der Waals surface area contributed by atoms with Gasteiger partial charge in [0.25, 0.3) is 5.91 Å². The van der Waals surface area contributed by atoms with Gasteiger partial charge in [0.05, 0.1) is 11.4 Å². The van der Waals surface area contributed by atoms with Gasteiger partial charge in [-0.25, -0.2) is 0 Å². The molecule has 1 unspecified atom stereocenters. The van der Waals surface area contributed by atoms with Crippen molar-refractivity contribution in [2.45, 2.75) is 105 Å². The molecule has 5 heteroatoms. The summed E-state index contributed by atoms with van der Waals surface area (Å²) in [4.78, 5) is 20.5. The van der Waals surface area contributed by atoms with E-state index in [0.717, 1.165) is 49.5 Å². The zero-order chi connectivity index (χ0) is 31.1. The molecule has 0 spiro atoms. The van der Waals surface area contributed by atoms with Gasteiger partial charge in [0.2, 0.25) is 0 Å². The van der Waals surface area contributed by atoms with E-state index in [9.17, 15) is 4.79 Å². The van der Waals surface area contributed by atoms with Crippen LogP contribution in [0.1, 0.15) is 107 Å². The van der Waals surface area contributed by atoms with Crippen LogP contribution in [-0.4, -0.2) is 49.1 Å². The highest BCUT2D eigenvalue weighted by atomic mass is 16.2. The highest BCUT2D eigenvalue weighted by molar-refractivity contribution is 5.98. The van der Waals surface area contributed by atoms with E-state index >= 15 is 0 Å². The van der Waals surface area contributed by atoms with E-state index in [1.807, 2.05) is 18.7 Å². The summed E-state index contributed by atoms with van der Waals surface area (Å²) in [6.45, 7) is 18.3. The number of benzene rings is 2. The van der Waals surface area contributed by atoms with E-state index < -0.39 is 0 Å². The topological polar surface area (TPSA) is 52.8 Å². The highest BCUT2D eigenvalue weighted by Crippen LogP contribution is 2.45. The van der Waals surface area contributed by atoms with Crippen molar-refractivity contribution in [1.82, 2.24) is 4.90 Å². The van der Waals surface area contributed by atoms with Crippen molar-refractivity contribution >= 4 is 23.4 Å². The molecule has 1 atom stereocenters. The Morgan fingerprint density at radius 1 is 0.977 bits per heavy atom. The van der Waals surface area contributed by atoms with Crippen molar-refractivity contribution in [1.29, 1.82) is 0 Å². The van der Waals surface area contributed by atoms with Crippen LogP contribution in [-0.2, 0) is 0 Å². The summed E-state index contributed by atoms with van der Waals surface area (Å²) >= 11 is 0. The molecule has 2 saturated carbocycles. The first-order valence-electron chi connectivity index (χ1n) is 16.9. The highest BCUT2D eigenvalue weighted by Gasteiger charge is 2.36. The molecule has 0 aromatic heterocycles. The Morgan fingerprint density at radius 2 is 1.70 bits per heavy atom. The number of anilines is 2. The van der Waals surface area contributed by atoms with Gasteiger partial charge in [-0.2, -0.15) is 0 Å². The van der Waals surface area contributed by atoms with Gasteiger partial charge in [0.15, 0.2) is 0 Å². The second kappa shape index (κ2) is 15.1. The first-order valence-corrected chi connectivity index (χ1v) is 16.9. The largest absolute Gasteiger partial charge is 0.365 e. The monoisotopic (exact) mass is 584 g/mol. The smallest absolute Gasteiger partial charge is 0.253 e. The Balaban J connectivity index is 0.000000540. The number of rotatable bonds is 6. The van der Waals surface area contributed by atoms with Crippen molar-refractivity contribution in [2.24, 2.45) is 11.7 Å². The number of nitrogens with two attached hydrogens (primary N) is 1. The summed E-state index contributed by atoms with van der Waals surface area (Å²) in [5, 5.41) is 0. The average Bonchev–Trinajstić information content (AvgIpc) is 3.94. The van der Waals surface area contributed by atoms with Gasteiger partial charge in [-0.05, 0) is 99.8 Å².